The third-order valence-corrected chi connectivity index (χ3v) is 3.30. The number of benzene rings is 1. The van der Waals surface area contributed by atoms with Gasteiger partial charge in [-0.05, 0) is 44.0 Å². The molecule has 6 heteroatoms. The summed E-state index contributed by atoms with van der Waals surface area (Å²) in [6.45, 7) is 5.71. The maximum atomic E-state index is 12.8. The molecule has 0 aliphatic heterocycles. The maximum absolute atomic E-state index is 12.8. The van der Waals surface area contributed by atoms with E-state index >= 15 is 0 Å². The number of carbonyl (C=O) groups is 1. The molecule has 0 saturated carbocycles. The fourth-order valence-electron chi connectivity index (χ4n) is 2.27. The number of alkyl halides is 3. The van der Waals surface area contributed by atoms with Crippen molar-refractivity contribution in [3.63, 3.8) is 0 Å². The van der Waals surface area contributed by atoms with Gasteiger partial charge in [0, 0.05) is 6.54 Å². The van der Waals surface area contributed by atoms with E-state index in [1.54, 1.807) is 20.0 Å². The van der Waals surface area contributed by atoms with E-state index in [4.69, 9.17) is 0 Å². The third-order valence-electron chi connectivity index (χ3n) is 3.30. The standard InChI is InChI=1S/C16H23F3N2O/c1-10(2)5-14(20-4)15(22)21-9-12-6-11(3)7-13(8-12)16(17,18)19/h6-8,10,14,20H,5,9H2,1-4H3,(H,21,22)/t14-/m0/s1. The largest absolute Gasteiger partial charge is 0.416 e. The van der Waals surface area contributed by atoms with E-state index in [1.165, 1.54) is 0 Å². The van der Waals surface area contributed by atoms with Crippen LogP contribution < -0.4 is 10.6 Å². The summed E-state index contributed by atoms with van der Waals surface area (Å²) in [6.07, 6.45) is -3.71. The van der Waals surface area contributed by atoms with Crippen LogP contribution in [0.4, 0.5) is 13.2 Å². The highest BCUT2D eigenvalue weighted by Crippen LogP contribution is 2.30. The van der Waals surface area contributed by atoms with Gasteiger partial charge < -0.3 is 10.6 Å². The molecule has 1 aromatic rings. The molecular formula is C16H23F3N2O. The van der Waals surface area contributed by atoms with Gasteiger partial charge in [-0.1, -0.05) is 25.5 Å². The quantitative estimate of drug-likeness (QED) is 0.846. The van der Waals surface area contributed by atoms with Gasteiger partial charge in [0.15, 0.2) is 0 Å². The molecule has 0 aliphatic rings. The van der Waals surface area contributed by atoms with Gasteiger partial charge in [-0.25, -0.2) is 0 Å². The van der Waals surface area contributed by atoms with Gasteiger partial charge in [0.1, 0.15) is 0 Å². The van der Waals surface area contributed by atoms with Crippen LogP contribution in [0.15, 0.2) is 18.2 Å². The molecule has 0 bridgehead atoms. The van der Waals surface area contributed by atoms with Crippen molar-refractivity contribution in [3.8, 4) is 0 Å². The molecule has 0 aromatic heterocycles. The maximum Gasteiger partial charge on any atom is 0.416 e. The molecule has 1 atom stereocenters. The Bertz CT molecular complexity index is 513. The minimum Gasteiger partial charge on any atom is -0.351 e. The highest BCUT2D eigenvalue weighted by molar-refractivity contribution is 5.81. The van der Waals surface area contributed by atoms with Gasteiger partial charge in [0.25, 0.3) is 0 Å². The van der Waals surface area contributed by atoms with E-state index in [1.807, 2.05) is 13.8 Å². The van der Waals surface area contributed by atoms with Crippen LogP contribution in [0.5, 0.6) is 0 Å². The molecule has 22 heavy (non-hydrogen) atoms. The number of hydrogen-bond acceptors (Lipinski definition) is 2. The zero-order valence-corrected chi connectivity index (χ0v) is 13.3. The normalized spacial score (nSPS) is 13.3. The Labute approximate surface area is 129 Å². The summed E-state index contributed by atoms with van der Waals surface area (Å²) in [4.78, 5) is 12.1. The molecule has 0 unspecified atom stereocenters. The fraction of sp³-hybridized carbons (Fsp3) is 0.562. The zero-order chi connectivity index (χ0) is 16.9. The summed E-state index contributed by atoms with van der Waals surface area (Å²) in [5, 5.41) is 5.62. The number of aryl methyl sites for hydroxylation is 1. The van der Waals surface area contributed by atoms with E-state index < -0.39 is 11.7 Å². The SMILES string of the molecule is CN[C@@H](CC(C)C)C(=O)NCc1cc(C)cc(C(F)(F)F)c1. The van der Waals surface area contributed by atoms with Crippen molar-refractivity contribution < 1.29 is 18.0 Å². The van der Waals surface area contributed by atoms with Crippen LogP contribution >= 0.6 is 0 Å². The van der Waals surface area contributed by atoms with Crippen molar-refractivity contribution in [2.24, 2.45) is 5.92 Å². The van der Waals surface area contributed by atoms with Crippen LogP contribution in [0.2, 0.25) is 0 Å². The minimum atomic E-state index is -4.38. The van der Waals surface area contributed by atoms with Gasteiger partial charge in [-0.15, -0.1) is 0 Å². The molecule has 0 saturated heterocycles. The van der Waals surface area contributed by atoms with Crippen LogP contribution in [-0.4, -0.2) is 19.0 Å². The summed E-state index contributed by atoms with van der Waals surface area (Å²) in [6, 6.07) is 3.48. The number of halogens is 3. The van der Waals surface area contributed by atoms with E-state index in [0.717, 1.165) is 12.1 Å². The highest BCUT2D eigenvalue weighted by Gasteiger charge is 2.30. The summed E-state index contributed by atoms with van der Waals surface area (Å²) in [7, 11) is 1.70. The fourth-order valence-corrected chi connectivity index (χ4v) is 2.27. The predicted molar refractivity (Wildman–Crippen MR) is 80.3 cm³/mol. The molecule has 0 heterocycles. The lowest BCUT2D eigenvalue weighted by atomic mass is 10.0. The second-order valence-corrected chi connectivity index (χ2v) is 5.89. The molecular weight excluding hydrogens is 293 g/mol. The number of nitrogens with one attached hydrogen (secondary N) is 2. The highest BCUT2D eigenvalue weighted by atomic mass is 19.4. The van der Waals surface area contributed by atoms with Gasteiger partial charge in [-0.2, -0.15) is 13.2 Å². The monoisotopic (exact) mass is 316 g/mol. The predicted octanol–water partition coefficient (Wildman–Crippen LogP) is 3.26. The lowest BCUT2D eigenvalue weighted by Crippen LogP contribution is -2.43. The van der Waals surface area contributed by atoms with Crippen LogP contribution in [0.1, 0.15) is 37.0 Å². The Kier molecular flexibility index (Phi) is 6.41. The van der Waals surface area contributed by atoms with Gasteiger partial charge >= 0.3 is 6.18 Å². The van der Waals surface area contributed by atoms with Gasteiger partial charge in [-0.3, -0.25) is 4.79 Å². The average molecular weight is 316 g/mol. The summed E-state index contributed by atoms with van der Waals surface area (Å²) in [5.74, 6) is 0.144. The Morgan fingerprint density at radius 3 is 2.36 bits per heavy atom. The Hall–Kier alpha value is -1.56. The molecule has 1 amide bonds. The van der Waals surface area contributed by atoms with E-state index in [-0.39, 0.29) is 18.5 Å². The molecule has 0 aliphatic carbocycles. The van der Waals surface area contributed by atoms with Crippen LogP contribution in [0, 0.1) is 12.8 Å². The van der Waals surface area contributed by atoms with Crippen molar-refractivity contribution in [2.45, 2.75) is 46.0 Å². The van der Waals surface area contributed by atoms with E-state index in [2.05, 4.69) is 10.6 Å². The third kappa shape index (κ3) is 5.67. The molecule has 0 fully saturated rings. The van der Waals surface area contributed by atoms with Gasteiger partial charge in [0.2, 0.25) is 5.91 Å². The average Bonchev–Trinajstić information content (AvgIpc) is 2.40. The van der Waals surface area contributed by atoms with Crippen LogP contribution in [-0.2, 0) is 17.5 Å². The van der Waals surface area contributed by atoms with Crippen molar-refractivity contribution >= 4 is 5.91 Å². The Morgan fingerprint density at radius 1 is 1.23 bits per heavy atom. The molecule has 1 rings (SSSR count). The Balaban J connectivity index is 2.75. The molecule has 3 nitrogen and oxygen atoms in total. The zero-order valence-electron chi connectivity index (χ0n) is 13.3. The van der Waals surface area contributed by atoms with Crippen molar-refractivity contribution in [1.82, 2.24) is 10.6 Å². The number of hydrogen-bond donors (Lipinski definition) is 2. The molecule has 124 valence electrons. The molecule has 1 aromatic carbocycles. The lowest BCUT2D eigenvalue weighted by Gasteiger charge is -2.18. The van der Waals surface area contributed by atoms with Gasteiger partial charge in [0.05, 0.1) is 11.6 Å². The van der Waals surface area contributed by atoms with E-state index in [0.29, 0.717) is 23.5 Å². The van der Waals surface area contributed by atoms with Crippen LogP contribution in [0.25, 0.3) is 0 Å². The van der Waals surface area contributed by atoms with Crippen molar-refractivity contribution in [3.05, 3.63) is 34.9 Å². The second-order valence-electron chi connectivity index (χ2n) is 5.89. The first-order valence-electron chi connectivity index (χ1n) is 7.26. The van der Waals surface area contributed by atoms with Crippen molar-refractivity contribution in [2.75, 3.05) is 7.05 Å². The number of amides is 1. The summed E-state index contributed by atoms with van der Waals surface area (Å²) >= 11 is 0. The lowest BCUT2D eigenvalue weighted by molar-refractivity contribution is -0.137. The first-order valence-corrected chi connectivity index (χ1v) is 7.26. The number of likely N-dealkylation sites (N-methyl/N-ethyl adjacent to an activating group) is 1. The smallest absolute Gasteiger partial charge is 0.351 e. The molecule has 0 radical (unpaired) electrons. The molecule has 2 N–H and O–H groups in total. The first-order chi connectivity index (χ1) is 10.1. The van der Waals surface area contributed by atoms with E-state index in [9.17, 15) is 18.0 Å². The molecule has 0 spiro atoms. The number of carbonyl (C=O) groups excluding carboxylic acids is 1. The van der Waals surface area contributed by atoms with Crippen molar-refractivity contribution in [1.29, 1.82) is 0 Å². The second kappa shape index (κ2) is 7.63. The summed E-state index contributed by atoms with van der Waals surface area (Å²) < 4.78 is 38.3. The topological polar surface area (TPSA) is 41.1 Å². The van der Waals surface area contributed by atoms with Crippen LogP contribution in [0.3, 0.4) is 0 Å². The minimum absolute atomic E-state index is 0.0832. The summed E-state index contributed by atoms with van der Waals surface area (Å²) in [5.41, 5.74) is 0.274. The Morgan fingerprint density at radius 2 is 1.86 bits per heavy atom. The number of rotatable bonds is 6. The first kappa shape index (κ1) is 18.5.